The second kappa shape index (κ2) is 5.63. The Hall–Kier alpha value is -1.20. The van der Waals surface area contributed by atoms with E-state index < -0.39 is 0 Å². The van der Waals surface area contributed by atoms with Gasteiger partial charge in [-0.2, -0.15) is 0 Å². The highest BCUT2D eigenvalue weighted by Gasteiger charge is 2.22. The lowest BCUT2D eigenvalue weighted by molar-refractivity contribution is 0.137. The van der Waals surface area contributed by atoms with Crippen molar-refractivity contribution in [2.75, 3.05) is 32.1 Å². The summed E-state index contributed by atoms with van der Waals surface area (Å²) in [6, 6.07) is 3.11. The molecular formula is C13H23N5. The van der Waals surface area contributed by atoms with Crippen molar-refractivity contribution < 1.29 is 0 Å². The fourth-order valence-corrected chi connectivity index (χ4v) is 2.21. The quantitative estimate of drug-likeness (QED) is 0.855. The second-order valence-electron chi connectivity index (χ2n) is 5.33. The molecule has 0 aliphatic carbocycles. The van der Waals surface area contributed by atoms with Gasteiger partial charge in [0.1, 0.15) is 0 Å². The lowest BCUT2D eigenvalue weighted by Crippen LogP contribution is -2.53. The smallest absolute Gasteiger partial charge is 0.225 e. The van der Waals surface area contributed by atoms with Crippen molar-refractivity contribution in [1.29, 1.82) is 0 Å². The highest BCUT2D eigenvalue weighted by molar-refractivity contribution is 5.27. The van der Waals surface area contributed by atoms with E-state index in [1.807, 2.05) is 31.3 Å². The zero-order chi connectivity index (χ0) is 13.1. The third-order valence-electron chi connectivity index (χ3n) is 3.36. The summed E-state index contributed by atoms with van der Waals surface area (Å²) in [7, 11) is 3.93. The molecule has 0 saturated carbocycles. The van der Waals surface area contributed by atoms with E-state index in [1.54, 1.807) is 0 Å². The van der Waals surface area contributed by atoms with Gasteiger partial charge in [0.2, 0.25) is 5.95 Å². The van der Waals surface area contributed by atoms with Gasteiger partial charge in [-0.05, 0) is 19.9 Å². The Morgan fingerprint density at radius 2 is 2.22 bits per heavy atom. The number of nitrogens with one attached hydrogen (secondary N) is 1. The van der Waals surface area contributed by atoms with Crippen LogP contribution >= 0.6 is 0 Å². The third kappa shape index (κ3) is 3.17. The predicted molar refractivity (Wildman–Crippen MR) is 73.7 cm³/mol. The summed E-state index contributed by atoms with van der Waals surface area (Å²) < 4.78 is 0. The van der Waals surface area contributed by atoms with Gasteiger partial charge >= 0.3 is 0 Å². The van der Waals surface area contributed by atoms with Crippen LogP contribution in [0, 0.1) is 0 Å². The molecule has 18 heavy (non-hydrogen) atoms. The first-order valence-corrected chi connectivity index (χ1v) is 6.53. The lowest BCUT2D eigenvalue weighted by Gasteiger charge is -2.37. The molecule has 0 aromatic carbocycles. The zero-order valence-electron chi connectivity index (χ0n) is 11.7. The average Bonchev–Trinajstić information content (AvgIpc) is 2.34. The van der Waals surface area contributed by atoms with Crippen LogP contribution in [-0.4, -0.2) is 54.1 Å². The fourth-order valence-electron chi connectivity index (χ4n) is 2.21. The van der Waals surface area contributed by atoms with Gasteiger partial charge in [-0.1, -0.05) is 0 Å². The Bertz CT molecular complexity index is 393. The van der Waals surface area contributed by atoms with Crippen LogP contribution < -0.4 is 10.2 Å². The summed E-state index contributed by atoms with van der Waals surface area (Å²) in [5.74, 6) is 0.781. The molecule has 1 aliphatic rings. The van der Waals surface area contributed by atoms with Crippen LogP contribution in [-0.2, 0) is 6.54 Å². The zero-order valence-corrected chi connectivity index (χ0v) is 11.7. The van der Waals surface area contributed by atoms with Gasteiger partial charge in [0, 0.05) is 52.0 Å². The van der Waals surface area contributed by atoms with E-state index in [1.165, 1.54) is 0 Å². The highest BCUT2D eigenvalue weighted by atomic mass is 15.2. The topological polar surface area (TPSA) is 44.3 Å². The van der Waals surface area contributed by atoms with Gasteiger partial charge in [-0.3, -0.25) is 4.90 Å². The summed E-state index contributed by atoms with van der Waals surface area (Å²) in [6.07, 6.45) is 1.84. The van der Waals surface area contributed by atoms with Crippen LogP contribution in [0.2, 0.25) is 0 Å². The molecule has 2 unspecified atom stereocenters. The Morgan fingerprint density at radius 3 is 2.94 bits per heavy atom. The molecule has 0 amide bonds. The summed E-state index contributed by atoms with van der Waals surface area (Å²) in [5, 5.41) is 3.49. The average molecular weight is 249 g/mol. The first-order valence-electron chi connectivity index (χ1n) is 6.53. The predicted octanol–water partition coefficient (Wildman–Crippen LogP) is 0.725. The van der Waals surface area contributed by atoms with Crippen LogP contribution in [0.3, 0.4) is 0 Å². The van der Waals surface area contributed by atoms with Crippen molar-refractivity contribution in [2.45, 2.75) is 32.5 Å². The molecule has 2 rings (SSSR count). The number of hydrogen-bond donors (Lipinski definition) is 1. The molecule has 0 spiro atoms. The largest absolute Gasteiger partial charge is 0.347 e. The molecule has 1 N–H and O–H groups in total. The van der Waals surface area contributed by atoms with Crippen LogP contribution in [0.1, 0.15) is 19.5 Å². The SMILES string of the molecule is CC1CN(Cc2ccnc(N(C)C)n2)C(C)CN1. The normalized spacial score (nSPS) is 25.1. The molecule has 1 saturated heterocycles. The second-order valence-corrected chi connectivity index (χ2v) is 5.33. The number of anilines is 1. The van der Waals surface area contributed by atoms with Gasteiger partial charge in [0.25, 0.3) is 0 Å². The molecule has 5 heteroatoms. The van der Waals surface area contributed by atoms with Gasteiger partial charge in [-0.25, -0.2) is 9.97 Å². The third-order valence-corrected chi connectivity index (χ3v) is 3.36. The Morgan fingerprint density at radius 1 is 1.44 bits per heavy atom. The van der Waals surface area contributed by atoms with E-state index >= 15 is 0 Å². The summed E-state index contributed by atoms with van der Waals surface area (Å²) in [5.41, 5.74) is 1.09. The van der Waals surface area contributed by atoms with Crippen molar-refractivity contribution in [3.05, 3.63) is 18.0 Å². The Labute approximate surface area is 109 Å². The molecule has 100 valence electrons. The van der Waals surface area contributed by atoms with Gasteiger partial charge in [0.15, 0.2) is 0 Å². The van der Waals surface area contributed by atoms with Crippen molar-refractivity contribution in [1.82, 2.24) is 20.2 Å². The minimum absolute atomic E-state index is 0.552. The molecular weight excluding hydrogens is 226 g/mol. The molecule has 2 atom stereocenters. The molecule has 5 nitrogen and oxygen atoms in total. The van der Waals surface area contributed by atoms with Crippen LogP contribution in [0.25, 0.3) is 0 Å². The molecule has 1 aromatic heterocycles. The number of hydrogen-bond acceptors (Lipinski definition) is 5. The van der Waals surface area contributed by atoms with E-state index in [0.29, 0.717) is 12.1 Å². The van der Waals surface area contributed by atoms with Gasteiger partial charge in [-0.15, -0.1) is 0 Å². The molecule has 0 bridgehead atoms. The van der Waals surface area contributed by atoms with E-state index in [4.69, 9.17) is 0 Å². The minimum atomic E-state index is 0.552. The number of piperazine rings is 1. The van der Waals surface area contributed by atoms with E-state index in [9.17, 15) is 0 Å². The first kappa shape index (κ1) is 13.2. The number of nitrogens with zero attached hydrogens (tertiary/aromatic N) is 4. The van der Waals surface area contributed by atoms with Crippen LogP contribution in [0.5, 0.6) is 0 Å². The molecule has 2 heterocycles. The maximum absolute atomic E-state index is 4.58. The summed E-state index contributed by atoms with van der Waals surface area (Å²) in [6.45, 7) is 7.50. The van der Waals surface area contributed by atoms with Crippen LogP contribution in [0.15, 0.2) is 12.3 Å². The lowest BCUT2D eigenvalue weighted by atomic mass is 10.1. The number of aromatic nitrogens is 2. The maximum Gasteiger partial charge on any atom is 0.225 e. The van der Waals surface area contributed by atoms with Crippen molar-refractivity contribution >= 4 is 5.95 Å². The number of rotatable bonds is 3. The molecule has 0 radical (unpaired) electrons. The molecule has 1 aromatic rings. The standard InChI is InChI=1S/C13H23N5/c1-10-8-18(11(2)7-15-10)9-12-5-6-14-13(16-12)17(3)4/h5-6,10-11,15H,7-9H2,1-4H3. The van der Waals surface area contributed by atoms with Gasteiger partial charge in [0.05, 0.1) is 5.69 Å². The van der Waals surface area contributed by atoms with Crippen molar-refractivity contribution in [2.24, 2.45) is 0 Å². The monoisotopic (exact) mass is 249 g/mol. The summed E-state index contributed by atoms with van der Waals surface area (Å²) >= 11 is 0. The van der Waals surface area contributed by atoms with E-state index in [-0.39, 0.29) is 0 Å². The minimum Gasteiger partial charge on any atom is -0.347 e. The van der Waals surface area contributed by atoms with Crippen LogP contribution in [0.4, 0.5) is 5.95 Å². The molecule has 1 fully saturated rings. The van der Waals surface area contributed by atoms with E-state index in [0.717, 1.165) is 31.3 Å². The Kier molecular flexibility index (Phi) is 4.14. The van der Waals surface area contributed by atoms with Gasteiger partial charge < -0.3 is 10.2 Å². The fraction of sp³-hybridized carbons (Fsp3) is 0.692. The first-order chi connectivity index (χ1) is 8.56. The van der Waals surface area contributed by atoms with E-state index in [2.05, 4.69) is 34.0 Å². The maximum atomic E-state index is 4.58. The summed E-state index contributed by atoms with van der Waals surface area (Å²) in [4.78, 5) is 13.2. The molecule has 1 aliphatic heterocycles. The van der Waals surface area contributed by atoms with Crippen molar-refractivity contribution in [3.8, 4) is 0 Å². The Balaban J connectivity index is 2.06. The highest BCUT2D eigenvalue weighted by Crippen LogP contribution is 2.12. The van der Waals surface area contributed by atoms with Crippen molar-refractivity contribution in [3.63, 3.8) is 0 Å².